The molecule has 1 amide bonds. The summed E-state index contributed by atoms with van der Waals surface area (Å²) in [5.74, 6) is -2.04. The molecule has 0 bridgehead atoms. The van der Waals surface area contributed by atoms with Crippen molar-refractivity contribution in [2.75, 3.05) is 5.88 Å². The van der Waals surface area contributed by atoms with E-state index in [2.05, 4.69) is 5.32 Å². The maximum absolute atomic E-state index is 11.0. The van der Waals surface area contributed by atoms with Crippen molar-refractivity contribution in [1.29, 1.82) is 0 Å². The van der Waals surface area contributed by atoms with Gasteiger partial charge in [-0.1, -0.05) is 18.2 Å². The van der Waals surface area contributed by atoms with Gasteiger partial charge in [0.1, 0.15) is 17.7 Å². The summed E-state index contributed by atoms with van der Waals surface area (Å²) in [6.07, 6.45) is 0.00460. The standard InChI is InChI=1S/C11H12ClNO4/c12-6-10(15)13-8(11(16)17)5-7-3-1-2-4-9(7)14/h1-4,8,14H,5-6H2,(H,13,15)(H,16,17)/t8-/m0/s1. The van der Waals surface area contributed by atoms with Crippen LogP contribution in [0.4, 0.5) is 0 Å². The number of aliphatic carboxylic acids is 1. The van der Waals surface area contributed by atoms with Gasteiger partial charge in [0.2, 0.25) is 5.91 Å². The quantitative estimate of drug-likeness (QED) is 0.679. The number of halogens is 1. The fraction of sp³-hybridized carbons (Fsp3) is 0.273. The number of para-hydroxylation sites is 1. The summed E-state index contributed by atoms with van der Waals surface area (Å²) in [4.78, 5) is 22.0. The number of amides is 1. The molecule has 0 aliphatic carbocycles. The monoisotopic (exact) mass is 257 g/mol. The fourth-order valence-electron chi connectivity index (χ4n) is 1.34. The van der Waals surface area contributed by atoms with Gasteiger partial charge in [-0.05, 0) is 11.6 Å². The number of benzene rings is 1. The van der Waals surface area contributed by atoms with Crippen molar-refractivity contribution in [3.8, 4) is 5.75 Å². The molecule has 0 aliphatic heterocycles. The van der Waals surface area contributed by atoms with E-state index >= 15 is 0 Å². The Kier molecular flexibility index (Phi) is 4.78. The van der Waals surface area contributed by atoms with Gasteiger partial charge in [0, 0.05) is 6.42 Å². The van der Waals surface area contributed by atoms with E-state index in [1.807, 2.05) is 0 Å². The summed E-state index contributed by atoms with van der Waals surface area (Å²) < 4.78 is 0. The summed E-state index contributed by atoms with van der Waals surface area (Å²) in [5.41, 5.74) is 0.453. The Labute approximate surface area is 103 Å². The van der Waals surface area contributed by atoms with Gasteiger partial charge in [0.25, 0.3) is 0 Å². The highest BCUT2D eigenvalue weighted by molar-refractivity contribution is 6.27. The molecule has 92 valence electrons. The molecule has 17 heavy (non-hydrogen) atoms. The van der Waals surface area contributed by atoms with Gasteiger partial charge in [-0.15, -0.1) is 11.6 Å². The number of carbonyl (C=O) groups excluding carboxylic acids is 1. The number of rotatable bonds is 5. The molecule has 3 N–H and O–H groups in total. The molecule has 0 unspecified atom stereocenters. The van der Waals surface area contributed by atoms with Gasteiger partial charge in [-0.25, -0.2) is 4.79 Å². The van der Waals surface area contributed by atoms with Crippen LogP contribution >= 0.6 is 11.6 Å². The van der Waals surface area contributed by atoms with Gasteiger partial charge >= 0.3 is 5.97 Å². The molecule has 1 aromatic rings. The lowest BCUT2D eigenvalue weighted by Gasteiger charge is -2.14. The van der Waals surface area contributed by atoms with E-state index in [9.17, 15) is 14.7 Å². The number of aromatic hydroxyl groups is 1. The van der Waals surface area contributed by atoms with Crippen molar-refractivity contribution >= 4 is 23.5 Å². The van der Waals surface area contributed by atoms with Crippen molar-refractivity contribution in [3.63, 3.8) is 0 Å². The van der Waals surface area contributed by atoms with Crippen molar-refractivity contribution in [2.24, 2.45) is 0 Å². The van der Waals surface area contributed by atoms with E-state index in [-0.39, 0.29) is 18.1 Å². The molecule has 0 saturated carbocycles. The summed E-state index contributed by atoms with van der Waals surface area (Å²) in [7, 11) is 0. The van der Waals surface area contributed by atoms with Crippen LogP contribution < -0.4 is 5.32 Å². The average molecular weight is 258 g/mol. The number of carboxylic acid groups (broad SMARTS) is 1. The molecule has 6 heteroatoms. The highest BCUT2D eigenvalue weighted by Crippen LogP contribution is 2.17. The second kappa shape index (κ2) is 6.10. The molecule has 1 atom stereocenters. The molecular formula is C11H12ClNO4. The summed E-state index contributed by atoms with van der Waals surface area (Å²) in [6.45, 7) is 0. The Hall–Kier alpha value is -1.75. The molecular weight excluding hydrogens is 246 g/mol. The number of phenolic OH excluding ortho intramolecular Hbond substituents is 1. The minimum Gasteiger partial charge on any atom is -0.508 e. The first-order valence-corrected chi connectivity index (χ1v) is 5.43. The maximum Gasteiger partial charge on any atom is 0.326 e. The molecule has 0 fully saturated rings. The lowest BCUT2D eigenvalue weighted by molar-refractivity contribution is -0.141. The second-order valence-electron chi connectivity index (χ2n) is 3.42. The summed E-state index contributed by atoms with van der Waals surface area (Å²) >= 11 is 5.28. The summed E-state index contributed by atoms with van der Waals surface area (Å²) in [6, 6.07) is 5.26. The van der Waals surface area contributed by atoms with E-state index in [0.29, 0.717) is 5.56 Å². The Morgan fingerprint density at radius 3 is 2.53 bits per heavy atom. The highest BCUT2D eigenvalue weighted by Gasteiger charge is 2.21. The number of alkyl halides is 1. The van der Waals surface area contributed by atoms with Crippen LogP contribution in [0.2, 0.25) is 0 Å². The molecule has 5 nitrogen and oxygen atoms in total. The van der Waals surface area contributed by atoms with Crippen molar-refractivity contribution in [2.45, 2.75) is 12.5 Å². The van der Waals surface area contributed by atoms with Crippen molar-refractivity contribution in [3.05, 3.63) is 29.8 Å². The van der Waals surface area contributed by atoms with Crippen LogP contribution in [0, 0.1) is 0 Å². The number of phenols is 1. The van der Waals surface area contributed by atoms with E-state index in [4.69, 9.17) is 16.7 Å². The van der Waals surface area contributed by atoms with Crippen LogP contribution in [0.5, 0.6) is 5.75 Å². The third-order valence-electron chi connectivity index (χ3n) is 2.17. The first kappa shape index (κ1) is 13.3. The zero-order chi connectivity index (χ0) is 12.8. The maximum atomic E-state index is 11.0. The van der Waals surface area contributed by atoms with Crippen LogP contribution in [0.3, 0.4) is 0 Å². The zero-order valence-electron chi connectivity index (χ0n) is 8.89. The third kappa shape index (κ3) is 3.96. The van der Waals surface area contributed by atoms with Gasteiger partial charge < -0.3 is 15.5 Å². The zero-order valence-corrected chi connectivity index (χ0v) is 9.65. The molecule has 0 spiro atoms. The minimum atomic E-state index is -1.17. The van der Waals surface area contributed by atoms with E-state index < -0.39 is 17.9 Å². The molecule has 0 aliphatic rings. The number of hydrogen-bond acceptors (Lipinski definition) is 3. The third-order valence-corrected chi connectivity index (χ3v) is 2.41. The fourth-order valence-corrected chi connectivity index (χ4v) is 1.41. The van der Waals surface area contributed by atoms with Gasteiger partial charge in [0.15, 0.2) is 0 Å². The van der Waals surface area contributed by atoms with Gasteiger partial charge in [-0.2, -0.15) is 0 Å². The Balaban J connectivity index is 2.77. The van der Waals surface area contributed by atoms with Crippen LogP contribution in [0.25, 0.3) is 0 Å². The average Bonchev–Trinajstić information content (AvgIpc) is 2.30. The van der Waals surface area contributed by atoms with Gasteiger partial charge in [-0.3, -0.25) is 4.79 Å². The topological polar surface area (TPSA) is 86.6 Å². The first-order chi connectivity index (χ1) is 8.04. The highest BCUT2D eigenvalue weighted by atomic mass is 35.5. The number of carbonyl (C=O) groups is 2. The SMILES string of the molecule is O=C(CCl)N[C@@H](Cc1ccccc1O)C(=O)O. The predicted octanol–water partition coefficient (Wildman–Crippen LogP) is 0.743. The van der Waals surface area contributed by atoms with E-state index in [1.54, 1.807) is 18.2 Å². The largest absolute Gasteiger partial charge is 0.508 e. The second-order valence-corrected chi connectivity index (χ2v) is 3.69. The summed E-state index contributed by atoms with van der Waals surface area (Å²) in [5, 5.41) is 20.7. The van der Waals surface area contributed by atoms with Gasteiger partial charge in [0.05, 0.1) is 0 Å². The number of carboxylic acids is 1. The van der Waals surface area contributed by atoms with Crippen molar-refractivity contribution in [1.82, 2.24) is 5.32 Å². The Bertz CT molecular complexity index is 422. The normalized spacial score (nSPS) is 11.8. The Morgan fingerprint density at radius 1 is 1.35 bits per heavy atom. The Morgan fingerprint density at radius 2 is 2.00 bits per heavy atom. The smallest absolute Gasteiger partial charge is 0.326 e. The first-order valence-electron chi connectivity index (χ1n) is 4.89. The number of nitrogens with one attached hydrogen (secondary N) is 1. The molecule has 0 heterocycles. The molecule has 0 radical (unpaired) electrons. The van der Waals surface area contributed by atoms with Crippen LogP contribution in [-0.2, 0) is 16.0 Å². The minimum absolute atomic E-state index is 0.00104. The number of hydrogen-bond donors (Lipinski definition) is 3. The predicted molar refractivity (Wildman–Crippen MR) is 62.1 cm³/mol. The molecule has 1 rings (SSSR count). The molecule has 0 aromatic heterocycles. The van der Waals surface area contributed by atoms with E-state index in [1.165, 1.54) is 6.07 Å². The van der Waals surface area contributed by atoms with Crippen LogP contribution in [0.15, 0.2) is 24.3 Å². The molecule has 0 saturated heterocycles. The van der Waals surface area contributed by atoms with Crippen molar-refractivity contribution < 1.29 is 19.8 Å². The molecule has 1 aromatic carbocycles. The lowest BCUT2D eigenvalue weighted by atomic mass is 10.1. The van der Waals surface area contributed by atoms with Crippen LogP contribution in [0.1, 0.15) is 5.56 Å². The lowest BCUT2D eigenvalue weighted by Crippen LogP contribution is -2.42. The van der Waals surface area contributed by atoms with Crippen LogP contribution in [-0.4, -0.2) is 34.0 Å². The van der Waals surface area contributed by atoms with E-state index in [0.717, 1.165) is 0 Å².